The smallest absolute Gasteiger partial charge is 0.381 e. The van der Waals surface area contributed by atoms with Crippen LogP contribution in [0.1, 0.15) is 18.1 Å². The molecule has 0 saturated carbocycles. The van der Waals surface area contributed by atoms with Gasteiger partial charge in [0, 0.05) is 30.4 Å². The third-order valence-electron chi connectivity index (χ3n) is 5.97. The first-order valence-corrected chi connectivity index (χ1v) is 10.3. The van der Waals surface area contributed by atoms with E-state index in [1.54, 1.807) is 0 Å². The fourth-order valence-electron chi connectivity index (χ4n) is 4.09. The summed E-state index contributed by atoms with van der Waals surface area (Å²) in [4.78, 5) is 19.5. The van der Waals surface area contributed by atoms with Gasteiger partial charge in [0.15, 0.2) is 0 Å². The number of hydrogen-bond acceptors (Lipinski definition) is 4. The van der Waals surface area contributed by atoms with Gasteiger partial charge in [-0.1, -0.05) is 6.07 Å². The molecule has 34 heavy (non-hydrogen) atoms. The number of nitrogens with zero attached hydrogens (tertiary/aromatic N) is 5. The number of carbonyl (C=O) groups is 1. The van der Waals surface area contributed by atoms with Crippen LogP contribution < -0.4 is 4.90 Å². The lowest BCUT2D eigenvalue weighted by Gasteiger charge is -2.39. The fraction of sp³-hybridized carbons (Fsp3) is 0.318. The van der Waals surface area contributed by atoms with Crippen molar-refractivity contribution in [2.75, 3.05) is 18.0 Å². The van der Waals surface area contributed by atoms with Crippen LogP contribution >= 0.6 is 0 Å². The standard InChI is InChI=1S/C22H20F5N5O2/c1-14(21(34,11-30-13-28-12-29-30)18-7-4-16(23)10-19(18)24)31-8-9-32(20(31)33)17-5-2-15(3-6-17)22(25,26)27/h2-7,10,12-14,34H,8-9,11H2,1H3. The second kappa shape index (κ2) is 8.67. The molecule has 0 radical (unpaired) electrons. The van der Waals surface area contributed by atoms with E-state index in [9.17, 15) is 31.9 Å². The minimum atomic E-state index is -4.51. The number of anilines is 1. The highest BCUT2D eigenvalue weighted by Gasteiger charge is 2.46. The van der Waals surface area contributed by atoms with Crippen molar-refractivity contribution in [3.8, 4) is 0 Å². The van der Waals surface area contributed by atoms with Crippen LogP contribution in [0.25, 0.3) is 0 Å². The molecule has 2 heterocycles. The molecule has 2 atom stereocenters. The Labute approximate surface area is 191 Å². The maximum Gasteiger partial charge on any atom is 0.416 e. The van der Waals surface area contributed by atoms with Gasteiger partial charge in [0.25, 0.3) is 0 Å². The van der Waals surface area contributed by atoms with Gasteiger partial charge < -0.3 is 10.0 Å². The molecule has 1 saturated heterocycles. The van der Waals surface area contributed by atoms with Crippen molar-refractivity contribution in [3.63, 3.8) is 0 Å². The van der Waals surface area contributed by atoms with E-state index < -0.39 is 41.0 Å². The van der Waals surface area contributed by atoms with Crippen molar-refractivity contribution in [2.24, 2.45) is 0 Å². The Bertz CT molecular complexity index is 1170. The maximum absolute atomic E-state index is 14.7. The van der Waals surface area contributed by atoms with Gasteiger partial charge in [-0.2, -0.15) is 18.3 Å². The predicted molar refractivity (Wildman–Crippen MR) is 111 cm³/mol. The van der Waals surface area contributed by atoms with E-state index in [4.69, 9.17) is 0 Å². The summed E-state index contributed by atoms with van der Waals surface area (Å²) in [7, 11) is 0. The van der Waals surface area contributed by atoms with Gasteiger partial charge in [-0.3, -0.25) is 4.90 Å². The Balaban J connectivity index is 1.64. The molecule has 1 fully saturated rings. The molecule has 0 bridgehead atoms. The number of urea groups is 1. The summed E-state index contributed by atoms with van der Waals surface area (Å²) in [5, 5.41) is 15.6. The monoisotopic (exact) mass is 481 g/mol. The first-order valence-electron chi connectivity index (χ1n) is 10.3. The summed E-state index contributed by atoms with van der Waals surface area (Å²) >= 11 is 0. The first kappa shape index (κ1) is 23.6. The van der Waals surface area contributed by atoms with E-state index in [-0.39, 0.29) is 30.9 Å². The number of aliphatic hydroxyl groups is 1. The zero-order chi connectivity index (χ0) is 24.7. The van der Waals surface area contributed by atoms with Gasteiger partial charge in [-0.15, -0.1) is 0 Å². The molecule has 3 aromatic rings. The van der Waals surface area contributed by atoms with Crippen LogP contribution in [0.3, 0.4) is 0 Å². The molecule has 0 aliphatic carbocycles. The average Bonchev–Trinajstić information content (AvgIpc) is 3.42. The molecule has 2 unspecified atom stereocenters. The summed E-state index contributed by atoms with van der Waals surface area (Å²) < 4.78 is 68.1. The molecule has 1 aliphatic heterocycles. The van der Waals surface area contributed by atoms with Crippen molar-refractivity contribution < 1.29 is 31.9 Å². The van der Waals surface area contributed by atoms with E-state index in [2.05, 4.69) is 10.1 Å². The topological polar surface area (TPSA) is 74.5 Å². The van der Waals surface area contributed by atoms with Crippen LogP contribution in [0.2, 0.25) is 0 Å². The number of rotatable bonds is 6. The van der Waals surface area contributed by atoms with Gasteiger partial charge >= 0.3 is 12.2 Å². The fourth-order valence-corrected chi connectivity index (χ4v) is 4.09. The predicted octanol–water partition coefficient (Wildman–Crippen LogP) is 3.79. The average molecular weight is 481 g/mol. The lowest BCUT2D eigenvalue weighted by Crippen LogP contribution is -2.53. The van der Waals surface area contributed by atoms with Crippen LogP contribution in [-0.4, -0.2) is 49.9 Å². The molecule has 12 heteroatoms. The molecule has 2 aromatic carbocycles. The minimum Gasteiger partial charge on any atom is -0.381 e. The largest absolute Gasteiger partial charge is 0.416 e. The van der Waals surface area contributed by atoms with Crippen molar-refractivity contribution >= 4 is 11.7 Å². The molecule has 1 aliphatic rings. The Kier molecular flexibility index (Phi) is 6.02. The van der Waals surface area contributed by atoms with Gasteiger partial charge in [0.2, 0.25) is 0 Å². The van der Waals surface area contributed by atoms with E-state index in [1.165, 1.54) is 46.2 Å². The van der Waals surface area contributed by atoms with Crippen LogP contribution in [0.5, 0.6) is 0 Å². The molecular weight excluding hydrogens is 461 g/mol. The molecule has 7 nitrogen and oxygen atoms in total. The quantitative estimate of drug-likeness (QED) is 0.544. The van der Waals surface area contributed by atoms with Gasteiger partial charge in [0.05, 0.1) is 18.2 Å². The molecule has 1 aromatic heterocycles. The summed E-state index contributed by atoms with van der Waals surface area (Å²) in [6.07, 6.45) is -1.98. The van der Waals surface area contributed by atoms with Crippen molar-refractivity contribution in [3.05, 3.63) is 77.9 Å². The number of amides is 2. The first-order chi connectivity index (χ1) is 16.0. The Morgan fingerprint density at radius 1 is 1.09 bits per heavy atom. The zero-order valence-corrected chi connectivity index (χ0v) is 17.9. The minimum absolute atomic E-state index is 0.115. The van der Waals surface area contributed by atoms with Gasteiger partial charge in [-0.25, -0.2) is 23.2 Å². The Morgan fingerprint density at radius 3 is 2.38 bits per heavy atom. The van der Waals surface area contributed by atoms with Gasteiger partial charge in [-0.05, 0) is 37.3 Å². The van der Waals surface area contributed by atoms with Crippen molar-refractivity contribution in [1.82, 2.24) is 19.7 Å². The van der Waals surface area contributed by atoms with Crippen LogP contribution in [-0.2, 0) is 18.3 Å². The summed E-state index contributed by atoms with van der Waals surface area (Å²) in [6.45, 7) is 1.47. The zero-order valence-electron chi connectivity index (χ0n) is 17.9. The van der Waals surface area contributed by atoms with Crippen molar-refractivity contribution in [2.45, 2.75) is 31.3 Å². The van der Waals surface area contributed by atoms with E-state index >= 15 is 0 Å². The van der Waals surface area contributed by atoms with Gasteiger partial charge in [0.1, 0.15) is 29.9 Å². The summed E-state index contributed by atoms with van der Waals surface area (Å²) in [5.74, 6) is -1.83. The normalized spacial score (nSPS) is 17.2. The maximum atomic E-state index is 14.7. The lowest BCUT2D eigenvalue weighted by atomic mass is 9.85. The molecule has 180 valence electrons. The third kappa shape index (κ3) is 4.32. The summed E-state index contributed by atoms with van der Waals surface area (Å²) in [6, 6.07) is 5.27. The number of hydrogen-bond donors (Lipinski definition) is 1. The van der Waals surface area contributed by atoms with Crippen LogP contribution in [0, 0.1) is 11.6 Å². The number of halogens is 5. The van der Waals surface area contributed by atoms with Crippen molar-refractivity contribution in [1.29, 1.82) is 0 Å². The third-order valence-corrected chi connectivity index (χ3v) is 5.97. The highest BCUT2D eigenvalue weighted by atomic mass is 19.4. The van der Waals surface area contributed by atoms with E-state index in [0.717, 1.165) is 24.3 Å². The molecule has 2 amide bonds. The highest BCUT2D eigenvalue weighted by molar-refractivity contribution is 5.94. The molecular formula is C22H20F5N5O2. The second-order valence-corrected chi connectivity index (χ2v) is 7.99. The number of benzene rings is 2. The SMILES string of the molecule is CC(N1CCN(c2ccc(C(F)(F)F)cc2)C1=O)C(O)(Cn1cncn1)c1ccc(F)cc1F. The summed E-state index contributed by atoms with van der Waals surface area (Å²) in [5.41, 5.74) is -2.86. The van der Waals surface area contributed by atoms with Crippen LogP contribution in [0.4, 0.5) is 32.4 Å². The number of aromatic nitrogens is 3. The highest BCUT2D eigenvalue weighted by Crippen LogP contribution is 2.36. The number of alkyl halides is 3. The van der Waals surface area contributed by atoms with Crippen LogP contribution in [0.15, 0.2) is 55.1 Å². The van der Waals surface area contributed by atoms with E-state index in [1.807, 2.05) is 0 Å². The Morgan fingerprint density at radius 2 is 1.79 bits per heavy atom. The second-order valence-electron chi connectivity index (χ2n) is 7.99. The Hall–Kier alpha value is -3.54. The number of carbonyl (C=O) groups excluding carboxylic acids is 1. The molecule has 4 rings (SSSR count). The molecule has 1 N–H and O–H groups in total. The van der Waals surface area contributed by atoms with E-state index in [0.29, 0.717) is 6.07 Å². The lowest BCUT2D eigenvalue weighted by molar-refractivity contribution is -0.137. The molecule has 0 spiro atoms.